The van der Waals surface area contributed by atoms with E-state index in [1.54, 1.807) is 0 Å². The zero-order valence-corrected chi connectivity index (χ0v) is 19.0. The van der Waals surface area contributed by atoms with Gasteiger partial charge in [0.05, 0.1) is 0 Å². The minimum absolute atomic E-state index is 0.327. The van der Waals surface area contributed by atoms with Crippen LogP contribution in [0.5, 0.6) is 0 Å². The highest BCUT2D eigenvalue weighted by Gasteiger charge is 2.30. The molecule has 29 heavy (non-hydrogen) atoms. The van der Waals surface area contributed by atoms with E-state index in [1.807, 2.05) is 0 Å². The maximum Gasteiger partial charge on any atom is 0.330 e. The van der Waals surface area contributed by atoms with Crippen LogP contribution >= 0.6 is 0 Å². The summed E-state index contributed by atoms with van der Waals surface area (Å²) in [5.74, 6) is 2.94. The minimum atomic E-state index is -0.864. The molecular formula is C26H46O3. The van der Waals surface area contributed by atoms with Crippen LogP contribution in [0.3, 0.4) is 0 Å². The van der Waals surface area contributed by atoms with Crippen LogP contribution in [0.4, 0.5) is 0 Å². The zero-order chi connectivity index (χ0) is 20.9. The summed E-state index contributed by atoms with van der Waals surface area (Å²) in [7, 11) is 0. The van der Waals surface area contributed by atoms with Gasteiger partial charge in [0, 0.05) is 18.8 Å². The Morgan fingerprint density at radius 1 is 0.862 bits per heavy atom. The number of carboxylic acids is 1. The van der Waals surface area contributed by atoms with Gasteiger partial charge in [-0.25, -0.2) is 4.79 Å². The maximum absolute atomic E-state index is 10.7. The second-order valence-corrected chi connectivity index (χ2v) is 9.85. The molecule has 0 bridgehead atoms. The fraction of sp³-hybridized carbons (Fsp3) is 0.885. The Labute approximate surface area is 179 Å². The molecule has 0 aromatic heterocycles. The lowest BCUT2D eigenvalue weighted by Gasteiger charge is -2.38. The Balaban J connectivity index is 1.46. The van der Waals surface area contributed by atoms with Gasteiger partial charge in [-0.3, -0.25) is 0 Å². The average Bonchev–Trinajstić information content (AvgIpc) is 2.74. The third-order valence-electron chi connectivity index (χ3n) is 7.59. The first-order chi connectivity index (χ1) is 14.1. The molecule has 0 aromatic rings. The number of hydrogen-bond acceptors (Lipinski definition) is 2. The van der Waals surface area contributed by atoms with Gasteiger partial charge in [0.2, 0.25) is 0 Å². The fourth-order valence-electron chi connectivity index (χ4n) is 5.53. The number of carboxylic acid groups (broad SMARTS) is 1. The van der Waals surface area contributed by atoms with E-state index in [4.69, 9.17) is 9.84 Å². The summed E-state index contributed by atoms with van der Waals surface area (Å²) in [5.41, 5.74) is 0.327. The third-order valence-corrected chi connectivity index (χ3v) is 7.59. The molecule has 0 aromatic carbocycles. The SMILES string of the molecule is C=C(CCCCCOCC1CCC(C2CCC(CCCCC)CC2)CC1)C(=O)O. The molecule has 1 N–H and O–H groups in total. The predicted octanol–water partition coefficient (Wildman–Crippen LogP) is 7.40. The van der Waals surface area contributed by atoms with E-state index >= 15 is 0 Å². The van der Waals surface area contributed by atoms with Crippen molar-refractivity contribution in [2.24, 2.45) is 23.7 Å². The molecule has 2 aliphatic rings. The predicted molar refractivity (Wildman–Crippen MR) is 121 cm³/mol. The standard InChI is InChI=1S/C26H46O3/c1-3-4-6-10-22-11-15-24(16-12-22)25-17-13-23(14-18-25)20-29-19-8-5-7-9-21(2)26(27)28/h22-25H,2-20H2,1H3,(H,27,28). The van der Waals surface area contributed by atoms with Crippen molar-refractivity contribution in [1.29, 1.82) is 0 Å². The molecule has 2 rings (SSSR count). The summed E-state index contributed by atoms with van der Waals surface area (Å²) < 4.78 is 5.93. The molecule has 0 amide bonds. The van der Waals surface area contributed by atoms with Crippen molar-refractivity contribution in [2.45, 2.75) is 110 Å². The van der Waals surface area contributed by atoms with Crippen LogP contribution in [0.2, 0.25) is 0 Å². The normalized spacial score (nSPS) is 27.6. The lowest BCUT2D eigenvalue weighted by Crippen LogP contribution is -2.27. The number of ether oxygens (including phenoxy) is 1. The van der Waals surface area contributed by atoms with Crippen LogP contribution in [0.15, 0.2) is 12.2 Å². The van der Waals surface area contributed by atoms with Crippen molar-refractivity contribution in [3.05, 3.63) is 12.2 Å². The van der Waals surface area contributed by atoms with Crippen LogP contribution in [-0.4, -0.2) is 24.3 Å². The van der Waals surface area contributed by atoms with Crippen molar-refractivity contribution in [3.63, 3.8) is 0 Å². The Bertz CT molecular complexity index is 457. The first-order valence-electron chi connectivity index (χ1n) is 12.6. The van der Waals surface area contributed by atoms with Crippen LogP contribution in [0.1, 0.15) is 110 Å². The van der Waals surface area contributed by atoms with Gasteiger partial charge in [-0.05, 0) is 81.5 Å². The number of hydrogen-bond donors (Lipinski definition) is 1. The van der Waals surface area contributed by atoms with E-state index in [0.717, 1.165) is 56.1 Å². The summed E-state index contributed by atoms with van der Waals surface area (Å²) in [6.07, 6.45) is 20.8. The van der Waals surface area contributed by atoms with Gasteiger partial charge in [0.1, 0.15) is 0 Å². The van der Waals surface area contributed by atoms with Crippen molar-refractivity contribution < 1.29 is 14.6 Å². The minimum Gasteiger partial charge on any atom is -0.478 e. The highest BCUT2D eigenvalue weighted by molar-refractivity contribution is 5.85. The highest BCUT2D eigenvalue weighted by atomic mass is 16.5. The average molecular weight is 407 g/mol. The molecule has 2 saturated carbocycles. The molecule has 0 radical (unpaired) electrons. The summed E-state index contributed by atoms with van der Waals surface area (Å²) in [6.45, 7) is 7.63. The van der Waals surface area contributed by atoms with Gasteiger partial charge in [-0.15, -0.1) is 0 Å². The van der Waals surface area contributed by atoms with E-state index in [9.17, 15) is 4.79 Å². The van der Waals surface area contributed by atoms with Gasteiger partial charge in [-0.2, -0.15) is 0 Å². The van der Waals surface area contributed by atoms with Crippen molar-refractivity contribution >= 4 is 5.97 Å². The number of unbranched alkanes of at least 4 members (excludes halogenated alkanes) is 4. The van der Waals surface area contributed by atoms with E-state index in [-0.39, 0.29) is 0 Å². The van der Waals surface area contributed by atoms with Crippen molar-refractivity contribution in [2.75, 3.05) is 13.2 Å². The summed E-state index contributed by atoms with van der Waals surface area (Å²) in [5, 5.41) is 8.80. The Morgan fingerprint density at radius 2 is 1.48 bits per heavy atom. The zero-order valence-electron chi connectivity index (χ0n) is 19.0. The molecule has 2 aliphatic carbocycles. The molecule has 0 heterocycles. The van der Waals surface area contributed by atoms with E-state index < -0.39 is 5.97 Å². The fourth-order valence-corrected chi connectivity index (χ4v) is 5.53. The molecule has 168 valence electrons. The second-order valence-electron chi connectivity index (χ2n) is 9.85. The molecule has 0 unspecified atom stereocenters. The topological polar surface area (TPSA) is 46.5 Å². The Hall–Kier alpha value is -0.830. The smallest absolute Gasteiger partial charge is 0.330 e. The highest BCUT2D eigenvalue weighted by Crippen LogP contribution is 2.42. The monoisotopic (exact) mass is 406 g/mol. The van der Waals surface area contributed by atoms with E-state index in [0.29, 0.717) is 12.0 Å². The van der Waals surface area contributed by atoms with Crippen molar-refractivity contribution in [1.82, 2.24) is 0 Å². The molecule has 3 heteroatoms. The van der Waals surface area contributed by atoms with Gasteiger partial charge < -0.3 is 9.84 Å². The van der Waals surface area contributed by atoms with Gasteiger partial charge >= 0.3 is 5.97 Å². The first kappa shape index (κ1) is 24.4. The Morgan fingerprint density at radius 3 is 2.07 bits per heavy atom. The molecule has 2 fully saturated rings. The van der Waals surface area contributed by atoms with Crippen LogP contribution in [0.25, 0.3) is 0 Å². The summed E-state index contributed by atoms with van der Waals surface area (Å²) in [6, 6.07) is 0. The third kappa shape index (κ3) is 9.68. The summed E-state index contributed by atoms with van der Waals surface area (Å²) >= 11 is 0. The first-order valence-corrected chi connectivity index (χ1v) is 12.6. The van der Waals surface area contributed by atoms with Gasteiger partial charge in [-0.1, -0.05) is 58.4 Å². The van der Waals surface area contributed by atoms with Gasteiger partial charge in [0.25, 0.3) is 0 Å². The van der Waals surface area contributed by atoms with E-state index in [1.165, 1.54) is 77.0 Å². The van der Waals surface area contributed by atoms with E-state index in [2.05, 4.69) is 13.5 Å². The Kier molecular flexibility index (Phi) is 12.0. The quantitative estimate of drug-likeness (QED) is 0.241. The van der Waals surface area contributed by atoms with Crippen LogP contribution in [0, 0.1) is 23.7 Å². The van der Waals surface area contributed by atoms with Crippen LogP contribution in [-0.2, 0) is 9.53 Å². The second kappa shape index (κ2) is 14.2. The molecule has 0 atom stereocenters. The maximum atomic E-state index is 10.7. The molecule has 0 spiro atoms. The van der Waals surface area contributed by atoms with Gasteiger partial charge in [0.15, 0.2) is 0 Å². The lowest BCUT2D eigenvalue weighted by molar-refractivity contribution is -0.132. The van der Waals surface area contributed by atoms with Crippen molar-refractivity contribution in [3.8, 4) is 0 Å². The molecular weight excluding hydrogens is 360 g/mol. The lowest BCUT2D eigenvalue weighted by atomic mass is 9.69. The number of aliphatic carboxylic acids is 1. The molecule has 0 aliphatic heterocycles. The molecule has 0 saturated heterocycles. The number of rotatable bonds is 14. The largest absolute Gasteiger partial charge is 0.478 e. The van der Waals surface area contributed by atoms with Crippen LogP contribution < -0.4 is 0 Å². The molecule has 3 nitrogen and oxygen atoms in total. The summed E-state index contributed by atoms with van der Waals surface area (Å²) in [4.78, 5) is 10.7. The number of carbonyl (C=O) groups is 1.